The van der Waals surface area contributed by atoms with Gasteiger partial charge < -0.3 is 9.67 Å². The first-order chi connectivity index (χ1) is 11.8. The van der Waals surface area contributed by atoms with E-state index >= 15 is 0 Å². The van der Waals surface area contributed by atoms with Crippen molar-refractivity contribution in [3.05, 3.63) is 81.1 Å². The largest absolute Gasteiger partial charge is 0.477 e. The van der Waals surface area contributed by atoms with Crippen LogP contribution in [0.15, 0.2) is 41.3 Å². The van der Waals surface area contributed by atoms with Crippen LogP contribution >= 0.6 is 0 Å². The zero-order valence-electron chi connectivity index (χ0n) is 12.4. The van der Waals surface area contributed by atoms with Gasteiger partial charge in [0.25, 0.3) is 0 Å². The van der Waals surface area contributed by atoms with Gasteiger partial charge in [0.2, 0.25) is 5.43 Å². The maximum atomic E-state index is 14.2. The number of aromatic nitrogens is 1. The van der Waals surface area contributed by atoms with Crippen LogP contribution in [-0.4, -0.2) is 15.6 Å². The SMILES string of the molecule is O=C(O)c1cn(Cc2cc(F)cc(F)c2)c2c(F)ccc(F)c2c1=O. The Labute approximate surface area is 137 Å². The normalized spacial score (nSPS) is 11.0. The minimum Gasteiger partial charge on any atom is -0.477 e. The first kappa shape index (κ1) is 16.7. The van der Waals surface area contributed by atoms with Crippen molar-refractivity contribution < 1.29 is 27.5 Å². The second-order valence-electron chi connectivity index (χ2n) is 5.34. The number of carbonyl (C=O) groups is 1. The summed E-state index contributed by atoms with van der Waals surface area (Å²) in [4.78, 5) is 23.4. The van der Waals surface area contributed by atoms with Gasteiger partial charge in [-0.3, -0.25) is 4.79 Å². The highest BCUT2D eigenvalue weighted by molar-refractivity contribution is 5.92. The molecule has 0 aliphatic carbocycles. The molecule has 3 rings (SSSR count). The summed E-state index contributed by atoms with van der Waals surface area (Å²) in [6, 6.07) is 4.04. The monoisotopic (exact) mass is 351 g/mol. The molecule has 0 unspecified atom stereocenters. The molecule has 0 fully saturated rings. The van der Waals surface area contributed by atoms with Crippen LogP contribution in [-0.2, 0) is 6.54 Å². The van der Waals surface area contributed by atoms with Gasteiger partial charge in [-0.1, -0.05) is 0 Å². The Bertz CT molecular complexity index is 1060. The van der Waals surface area contributed by atoms with Crippen molar-refractivity contribution in [2.75, 3.05) is 0 Å². The van der Waals surface area contributed by atoms with Crippen LogP contribution in [0.1, 0.15) is 15.9 Å². The average molecular weight is 351 g/mol. The fourth-order valence-corrected chi connectivity index (χ4v) is 2.63. The molecule has 128 valence electrons. The summed E-state index contributed by atoms with van der Waals surface area (Å²) in [6.45, 7) is -0.369. The Balaban J connectivity index is 2.33. The molecular formula is C17H9F4NO3. The van der Waals surface area contributed by atoms with Crippen molar-refractivity contribution in [1.82, 2.24) is 4.57 Å². The molecule has 0 spiro atoms. The van der Waals surface area contributed by atoms with E-state index in [1.54, 1.807) is 0 Å². The molecule has 0 bridgehead atoms. The van der Waals surface area contributed by atoms with Crippen LogP contribution in [0, 0.1) is 23.3 Å². The number of hydrogen-bond donors (Lipinski definition) is 1. The van der Waals surface area contributed by atoms with Gasteiger partial charge in [-0.15, -0.1) is 0 Å². The predicted octanol–water partition coefficient (Wildman–Crippen LogP) is 3.30. The van der Waals surface area contributed by atoms with Crippen LogP contribution < -0.4 is 5.43 Å². The Hall–Kier alpha value is -3.16. The maximum Gasteiger partial charge on any atom is 0.341 e. The third-order valence-corrected chi connectivity index (χ3v) is 3.63. The molecule has 25 heavy (non-hydrogen) atoms. The molecule has 0 aliphatic rings. The molecule has 2 aromatic carbocycles. The minimum atomic E-state index is -1.63. The number of nitrogens with zero attached hydrogens (tertiary/aromatic N) is 1. The average Bonchev–Trinajstić information content (AvgIpc) is 2.51. The number of aromatic carboxylic acids is 1. The molecule has 3 aromatic rings. The smallest absolute Gasteiger partial charge is 0.341 e. The lowest BCUT2D eigenvalue weighted by molar-refractivity contribution is 0.0695. The van der Waals surface area contributed by atoms with Gasteiger partial charge in [0.15, 0.2) is 0 Å². The van der Waals surface area contributed by atoms with Gasteiger partial charge in [-0.05, 0) is 29.8 Å². The first-order valence-electron chi connectivity index (χ1n) is 6.97. The number of fused-ring (bicyclic) bond motifs is 1. The van der Waals surface area contributed by atoms with E-state index < -0.39 is 51.1 Å². The molecule has 1 heterocycles. The van der Waals surface area contributed by atoms with Gasteiger partial charge in [-0.25, -0.2) is 22.4 Å². The van der Waals surface area contributed by atoms with Crippen molar-refractivity contribution in [2.24, 2.45) is 0 Å². The van der Waals surface area contributed by atoms with Gasteiger partial charge in [0.05, 0.1) is 10.9 Å². The molecule has 0 amide bonds. The van der Waals surface area contributed by atoms with Crippen LogP contribution in [0.2, 0.25) is 0 Å². The number of rotatable bonds is 3. The van der Waals surface area contributed by atoms with Crippen molar-refractivity contribution in [3.8, 4) is 0 Å². The third-order valence-electron chi connectivity index (χ3n) is 3.63. The molecule has 0 radical (unpaired) electrons. The molecule has 0 aliphatic heterocycles. The molecule has 4 nitrogen and oxygen atoms in total. The molecule has 1 aromatic heterocycles. The molecule has 8 heteroatoms. The minimum absolute atomic E-state index is 0.0439. The van der Waals surface area contributed by atoms with Crippen LogP contribution in [0.5, 0.6) is 0 Å². The van der Waals surface area contributed by atoms with Crippen molar-refractivity contribution in [1.29, 1.82) is 0 Å². The van der Waals surface area contributed by atoms with Crippen molar-refractivity contribution in [3.63, 3.8) is 0 Å². The highest BCUT2D eigenvalue weighted by Crippen LogP contribution is 2.21. The van der Waals surface area contributed by atoms with E-state index in [2.05, 4.69) is 0 Å². The fraction of sp³-hybridized carbons (Fsp3) is 0.0588. The highest BCUT2D eigenvalue weighted by Gasteiger charge is 2.20. The number of halogens is 4. The zero-order chi connectivity index (χ0) is 18.3. The number of hydrogen-bond acceptors (Lipinski definition) is 2. The van der Waals surface area contributed by atoms with E-state index in [-0.39, 0.29) is 12.1 Å². The van der Waals surface area contributed by atoms with E-state index in [1.807, 2.05) is 0 Å². The second-order valence-corrected chi connectivity index (χ2v) is 5.34. The first-order valence-corrected chi connectivity index (χ1v) is 6.97. The van der Waals surface area contributed by atoms with Gasteiger partial charge in [0.1, 0.15) is 28.8 Å². The Morgan fingerprint density at radius 3 is 2.20 bits per heavy atom. The van der Waals surface area contributed by atoms with Crippen molar-refractivity contribution in [2.45, 2.75) is 6.54 Å². The Morgan fingerprint density at radius 2 is 1.60 bits per heavy atom. The fourth-order valence-electron chi connectivity index (χ4n) is 2.63. The Kier molecular flexibility index (Phi) is 4.03. The van der Waals surface area contributed by atoms with E-state index in [0.717, 1.165) is 29.0 Å². The summed E-state index contributed by atoms with van der Waals surface area (Å²) < 4.78 is 55.8. The third kappa shape index (κ3) is 2.98. The number of pyridine rings is 1. The van der Waals surface area contributed by atoms with E-state index in [4.69, 9.17) is 5.11 Å². The van der Waals surface area contributed by atoms with Crippen LogP contribution in [0.4, 0.5) is 17.6 Å². The lowest BCUT2D eigenvalue weighted by atomic mass is 10.1. The molecule has 0 saturated carbocycles. The van der Waals surface area contributed by atoms with Crippen LogP contribution in [0.25, 0.3) is 10.9 Å². The topological polar surface area (TPSA) is 59.3 Å². The molecule has 0 atom stereocenters. The zero-order valence-corrected chi connectivity index (χ0v) is 12.4. The van der Waals surface area contributed by atoms with Crippen molar-refractivity contribution >= 4 is 16.9 Å². The Morgan fingerprint density at radius 1 is 1.00 bits per heavy atom. The lowest BCUT2D eigenvalue weighted by Gasteiger charge is -2.14. The summed E-state index contributed by atoms with van der Waals surface area (Å²) >= 11 is 0. The van der Waals surface area contributed by atoms with Crippen LogP contribution in [0.3, 0.4) is 0 Å². The summed E-state index contributed by atoms with van der Waals surface area (Å²) in [7, 11) is 0. The number of carboxylic acids is 1. The molecule has 1 N–H and O–H groups in total. The van der Waals surface area contributed by atoms with Gasteiger partial charge in [0, 0.05) is 18.8 Å². The second kappa shape index (κ2) is 6.04. The summed E-state index contributed by atoms with van der Waals surface area (Å²) in [5.41, 5.74) is -2.41. The van der Waals surface area contributed by atoms with E-state index in [1.165, 1.54) is 0 Å². The number of benzene rings is 2. The molecular weight excluding hydrogens is 342 g/mol. The highest BCUT2D eigenvalue weighted by atomic mass is 19.1. The quantitative estimate of drug-likeness (QED) is 0.737. The standard InChI is InChI=1S/C17H9F4NO3/c18-9-3-8(4-10(19)5-9)6-22-7-11(17(24)25)16(23)14-12(20)1-2-13(21)15(14)22/h1-5,7H,6H2,(H,24,25). The van der Waals surface area contributed by atoms with E-state index in [0.29, 0.717) is 12.1 Å². The number of carboxylic acid groups (broad SMARTS) is 1. The lowest BCUT2D eigenvalue weighted by Crippen LogP contribution is -2.21. The van der Waals surface area contributed by atoms with Gasteiger partial charge >= 0.3 is 5.97 Å². The predicted molar refractivity (Wildman–Crippen MR) is 80.5 cm³/mol. The summed E-state index contributed by atoms with van der Waals surface area (Å²) in [5, 5.41) is 8.38. The van der Waals surface area contributed by atoms with Gasteiger partial charge in [-0.2, -0.15) is 0 Å². The summed E-state index contributed by atoms with van der Waals surface area (Å²) in [5.74, 6) is -5.46. The maximum absolute atomic E-state index is 14.2. The summed E-state index contributed by atoms with van der Waals surface area (Å²) in [6.07, 6.45) is 0.818. The van der Waals surface area contributed by atoms with E-state index in [9.17, 15) is 27.2 Å². The molecule has 0 saturated heterocycles.